The molecule has 0 bridgehead atoms. The van der Waals surface area contributed by atoms with Crippen LogP contribution in [0.3, 0.4) is 0 Å². The summed E-state index contributed by atoms with van der Waals surface area (Å²) in [6.07, 6.45) is -3.70. The molecule has 0 unspecified atom stereocenters. The van der Waals surface area contributed by atoms with Crippen LogP contribution in [0.15, 0.2) is 87.6 Å². The van der Waals surface area contributed by atoms with Gasteiger partial charge in [-0.1, -0.05) is 48.5 Å². The minimum Gasteiger partial charge on any atom is -0.496 e. The second kappa shape index (κ2) is 9.80. The lowest BCUT2D eigenvalue weighted by Gasteiger charge is -2.15. The van der Waals surface area contributed by atoms with Gasteiger partial charge in [-0.05, 0) is 29.8 Å². The summed E-state index contributed by atoms with van der Waals surface area (Å²) in [5.74, 6) is -2.68. The highest BCUT2D eigenvalue weighted by molar-refractivity contribution is 5.99. The number of nitriles is 1. The van der Waals surface area contributed by atoms with Crippen molar-refractivity contribution in [2.24, 2.45) is 0 Å². The largest absolute Gasteiger partial charge is 0.496 e. The summed E-state index contributed by atoms with van der Waals surface area (Å²) < 4.78 is 57.3. The molecule has 0 saturated heterocycles. The molecule has 0 spiro atoms. The van der Waals surface area contributed by atoms with Crippen LogP contribution in [0.5, 0.6) is 11.5 Å². The van der Waals surface area contributed by atoms with Gasteiger partial charge in [0.2, 0.25) is 11.2 Å². The van der Waals surface area contributed by atoms with Crippen LogP contribution < -0.4 is 14.9 Å². The van der Waals surface area contributed by atoms with Gasteiger partial charge in [-0.15, -0.1) is 0 Å². The molecule has 0 fully saturated rings. The SMILES string of the molecule is COc1ccccc1-c1c(C(F)(F)F)oc2cc(OC(=O)C(C#N)=Cc3ccccc3)ccc2c1=O. The molecule has 1 aromatic heterocycles. The zero-order valence-corrected chi connectivity index (χ0v) is 18.6. The maximum Gasteiger partial charge on any atom is 0.450 e. The number of rotatable bonds is 5. The number of esters is 1. The van der Waals surface area contributed by atoms with Crippen LogP contribution in [0.2, 0.25) is 0 Å². The van der Waals surface area contributed by atoms with Gasteiger partial charge in [0.15, 0.2) is 0 Å². The Labute approximate surface area is 202 Å². The fourth-order valence-electron chi connectivity index (χ4n) is 3.55. The number of carbonyl (C=O) groups excluding carboxylic acids is 1. The highest BCUT2D eigenvalue weighted by Gasteiger charge is 2.40. The van der Waals surface area contributed by atoms with Gasteiger partial charge in [0.05, 0.1) is 18.1 Å². The molecule has 3 aromatic carbocycles. The first-order valence-corrected chi connectivity index (χ1v) is 10.4. The summed E-state index contributed by atoms with van der Waals surface area (Å²) in [5, 5.41) is 9.17. The molecular weight excluding hydrogens is 475 g/mol. The molecule has 0 aliphatic carbocycles. The minimum absolute atomic E-state index is 0.0643. The number of hydrogen-bond donors (Lipinski definition) is 0. The van der Waals surface area contributed by atoms with Crippen molar-refractivity contribution in [2.75, 3.05) is 7.11 Å². The molecule has 36 heavy (non-hydrogen) atoms. The number of nitrogens with zero attached hydrogens (tertiary/aromatic N) is 1. The van der Waals surface area contributed by atoms with E-state index in [1.54, 1.807) is 42.5 Å². The van der Waals surface area contributed by atoms with E-state index in [1.165, 1.54) is 43.5 Å². The van der Waals surface area contributed by atoms with E-state index in [0.29, 0.717) is 5.56 Å². The Kier molecular flexibility index (Phi) is 6.61. The molecule has 0 aliphatic heterocycles. The first kappa shape index (κ1) is 24.3. The van der Waals surface area contributed by atoms with Crippen molar-refractivity contribution in [1.82, 2.24) is 0 Å². The van der Waals surface area contributed by atoms with Crippen LogP contribution in [0, 0.1) is 11.3 Å². The van der Waals surface area contributed by atoms with Crippen LogP contribution in [0.1, 0.15) is 11.3 Å². The van der Waals surface area contributed by atoms with Gasteiger partial charge in [0, 0.05) is 11.6 Å². The van der Waals surface area contributed by atoms with Gasteiger partial charge < -0.3 is 13.9 Å². The number of methoxy groups -OCH3 is 1. The Bertz CT molecular complexity index is 1580. The van der Waals surface area contributed by atoms with E-state index in [-0.39, 0.29) is 28.0 Å². The van der Waals surface area contributed by atoms with E-state index < -0.39 is 34.5 Å². The highest BCUT2D eigenvalue weighted by Crippen LogP contribution is 2.40. The van der Waals surface area contributed by atoms with Crippen LogP contribution in [0.25, 0.3) is 28.2 Å². The first-order valence-electron chi connectivity index (χ1n) is 10.4. The molecule has 6 nitrogen and oxygen atoms in total. The van der Waals surface area contributed by atoms with Crippen LogP contribution in [-0.2, 0) is 11.0 Å². The van der Waals surface area contributed by atoms with Crippen LogP contribution >= 0.6 is 0 Å². The molecule has 0 aliphatic rings. The number of para-hydroxylation sites is 1. The third-order valence-electron chi connectivity index (χ3n) is 5.16. The number of hydrogen-bond acceptors (Lipinski definition) is 6. The van der Waals surface area contributed by atoms with E-state index in [1.807, 2.05) is 0 Å². The van der Waals surface area contributed by atoms with Crippen molar-refractivity contribution in [2.45, 2.75) is 6.18 Å². The van der Waals surface area contributed by atoms with Gasteiger partial charge in [-0.25, -0.2) is 4.79 Å². The van der Waals surface area contributed by atoms with Crippen LogP contribution in [-0.4, -0.2) is 13.1 Å². The number of ether oxygens (including phenoxy) is 2. The molecule has 4 rings (SSSR count). The second-order valence-corrected chi connectivity index (χ2v) is 7.46. The quantitative estimate of drug-likeness (QED) is 0.147. The molecule has 1 heterocycles. The molecule has 0 atom stereocenters. The van der Waals surface area contributed by atoms with E-state index in [2.05, 4.69) is 0 Å². The normalized spacial score (nSPS) is 11.7. The van der Waals surface area contributed by atoms with Gasteiger partial charge >= 0.3 is 12.1 Å². The Morgan fingerprint density at radius 3 is 2.39 bits per heavy atom. The number of fused-ring (bicyclic) bond motifs is 1. The fraction of sp³-hybridized carbons (Fsp3) is 0.0741. The summed E-state index contributed by atoms with van der Waals surface area (Å²) in [7, 11) is 1.27. The standard InChI is InChI=1S/C27H16F3NO5/c1-34-21-10-6-5-9-19(21)23-24(32)20-12-11-18(14-22(20)36-25(23)27(28,29)30)35-26(33)17(15-31)13-16-7-3-2-4-8-16/h2-14H,1H3. The lowest BCUT2D eigenvalue weighted by Crippen LogP contribution is -2.16. The number of benzene rings is 3. The van der Waals surface area contributed by atoms with Crippen molar-refractivity contribution in [3.05, 3.63) is 99.9 Å². The monoisotopic (exact) mass is 491 g/mol. The molecule has 9 heteroatoms. The van der Waals surface area contributed by atoms with E-state index in [9.17, 15) is 28.0 Å². The molecule has 0 saturated carbocycles. The third-order valence-corrected chi connectivity index (χ3v) is 5.16. The van der Waals surface area contributed by atoms with Crippen LogP contribution in [0.4, 0.5) is 13.2 Å². The van der Waals surface area contributed by atoms with E-state index in [0.717, 1.165) is 6.07 Å². The number of carbonyl (C=O) groups is 1. The lowest BCUT2D eigenvalue weighted by atomic mass is 10.0. The summed E-state index contributed by atoms with van der Waals surface area (Å²) in [5.41, 5.74) is -1.91. The maximum absolute atomic E-state index is 13.9. The average Bonchev–Trinajstić information content (AvgIpc) is 2.87. The van der Waals surface area contributed by atoms with Gasteiger partial charge in [0.25, 0.3) is 0 Å². The minimum atomic E-state index is -5.01. The van der Waals surface area contributed by atoms with Crippen molar-refractivity contribution >= 4 is 23.0 Å². The Morgan fingerprint density at radius 1 is 1.03 bits per heavy atom. The second-order valence-electron chi connectivity index (χ2n) is 7.46. The smallest absolute Gasteiger partial charge is 0.450 e. The summed E-state index contributed by atoms with van der Waals surface area (Å²) in [6.45, 7) is 0. The Balaban J connectivity index is 1.79. The Morgan fingerprint density at radius 2 is 1.72 bits per heavy atom. The summed E-state index contributed by atoms with van der Waals surface area (Å²) in [4.78, 5) is 25.7. The number of alkyl halides is 3. The van der Waals surface area contributed by atoms with Crippen molar-refractivity contribution in [3.8, 4) is 28.7 Å². The number of halogens is 3. The first-order chi connectivity index (χ1) is 17.2. The van der Waals surface area contributed by atoms with E-state index >= 15 is 0 Å². The van der Waals surface area contributed by atoms with Crippen molar-refractivity contribution < 1.29 is 31.9 Å². The topological polar surface area (TPSA) is 89.5 Å². The zero-order valence-electron chi connectivity index (χ0n) is 18.6. The zero-order chi connectivity index (χ0) is 25.9. The Hall–Kier alpha value is -4.84. The molecular formula is C27H16F3NO5. The fourth-order valence-corrected chi connectivity index (χ4v) is 3.55. The molecule has 180 valence electrons. The average molecular weight is 491 g/mol. The predicted molar refractivity (Wildman–Crippen MR) is 125 cm³/mol. The van der Waals surface area contributed by atoms with Crippen molar-refractivity contribution in [3.63, 3.8) is 0 Å². The summed E-state index contributed by atoms with van der Waals surface area (Å²) >= 11 is 0. The third kappa shape index (κ3) is 4.83. The van der Waals surface area contributed by atoms with Crippen molar-refractivity contribution in [1.29, 1.82) is 5.26 Å². The predicted octanol–water partition coefficient (Wildman–Crippen LogP) is 6.00. The van der Waals surface area contributed by atoms with Gasteiger partial charge in [-0.2, -0.15) is 18.4 Å². The molecule has 4 aromatic rings. The molecule has 0 radical (unpaired) electrons. The highest BCUT2D eigenvalue weighted by atomic mass is 19.4. The maximum atomic E-state index is 13.9. The molecule has 0 amide bonds. The summed E-state index contributed by atoms with van der Waals surface area (Å²) in [6, 6.07) is 19.5. The van der Waals surface area contributed by atoms with Gasteiger partial charge in [-0.3, -0.25) is 4.79 Å². The van der Waals surface area contributed by atoms with Gasteiger partial charge in [0.1, 0.15) is 28.7 Å². The van der Waals surface area contributed by atoms with E-state index in [4.69, 9.17) is 13.9 Å². The lowest BCUT2D eigenvalue weighted by molar-refractivity contribution is -0.152. The molecule has 0 N–H and O–H groups in total.